The maximum absolute atomic E-state index is 11.7. The molecule has 0 aromatic heterocycles. The molecule has 0 spiro atoms. The summed E-state index contributed by atoms with van der Waals surface area (Å²) in [6, 6.07) is 5.43. The van der Waals surface area contributed by atoms with Gasteiger partial charge in [-0.25, -0.2) is 4.79 Å². The maximum Gasteiger partial charge on any atom is 0.322 e. The Morgan fingerprint density at radius 3 is 3.00 bits per heavy atom. The lowest BCUT2D eigenvalue weighted by atomic mass is 10.2. The van der Waals surface area contributed by atoms with Gasteiger partial charge in [-0.15, -0.1) is 0 Å². The lowest BCUT2D eigenvalue weighted by molar-refractivity contribution is 0.251. The van der Waals surface area contributed by atoms with Gasteiger partial charge in [0.1, 0.15) is 0 Å². The Morgan fingerprint density at radius 1 is 1.62 bits per heavy atom. The summed E-state index contributed by atoms with van der Waals surface area (Å²) in [7, 11) is 0. The first-order chi connectivity index (χ1) is 7.61. The van der Waals surface area contributed by atoms with E-state index in [1.165, 1.54) is 0 Å². The number of halogens is 1. The molecule has 0 aliphatic carbocycles. The highest BCUT2D eigenvalue weighted by atomic mass is 35.5. The molecule has 4 nitrogen and oxygen atoms in total. The minimum atomic E-state index is -0.110. The number of nitrogens with two attached hydrogens (primary N) is 1. The molecule has 3 N–H and O–H groups in total. The van der Waals surface area contributed by atoms with E-state index in [9.17, 15) is 4.79 Å². The van der Waals surface area contributed by atoms with Crippen molar-refractivity contribution >= 4 is 23.3 Å². The molecular weight excluding hydrogens is 226 g/mol. The molecule has 16 heavy (non-hydrogen) atoms. The van der Waals surface area contributed by atoms with Crippen molar-refractivity contribution in [2.24, 2.45) is 5.73 Å². The standard InChI is InChI=1S/C11H14ClN3O/c1-7-2-3-8(12)4-10(7)15-6-9(5-13)14-11(15)16/h2-4,9H,5-6,13H2,1H3,(H,14,16). The van der Waals surface area contributed by atoms with Crippen LogP contribution < -0.4 is 16.0 Å². The third-order valence-corrected chi connectivity index (χ3v) is 2.96. The Kier molecular flexibility index (Phi) is 3.03. The number of rotatable bonds is 2. The number of carbonyl (C=O) groups excluding carboxylic acids is 1. The quantitative estimate of drug-likeness (QED) is 0.822. The number of anilines is 1. The zero-order chi connectivity index (χ0) is 11.7. The van der Waals surface area contributed by atoms with Gasteiger partial charge < -0.3 is 11.1 Å². The molecular formula is C11H14ClN3O. The molecule has 2 rings (SSSR count). The van der Waals surface area contributed by atoms with Crippen LogP contribution in [0.3, 0.4) is 0 Å². The van der Waals surface area contributed by atoms with Crippen LogP contribution in [0.15, 0.2) is 18.2 Å². The van der Waals surface area contributed by atoms with Crippen LogP contribution in [-0.4, -0.2) is 25.2 Å². The normalized spacial score (nSPS) is 20.1. The van der Waals surface area contributed by atoms with E-state index in [0.29, 0.717) is 18.1 Å². The molecule has 5 heteroatoms. The largest absolute Gasteiger partial charge is 0.332 e. The fourth-order valence-corrected chi connectivity index (χ4v) is 1.98. The number of benzene rings is 1. The van der Waals surface area contributed by atoms with Crippen LogP contribution in [0.5, 0.6) is 0 Å². The third-order valence-electron chi connectivity index (χ3n) is 2.72. The molecule has 2 amide bonds. The molecule has 1 heterocycles. The Balaban J connectivity index is 2.30. The van der Waals surface area contributed by atoms with Crippen molar-refractivity contribution in [3.63, 3.8) is 0 Å². The summed E-state index contributed by atoms with van der Waals surface area (Å²) in [6.45, 7) is 2.99. The van der Waals surface area contributed by atoms with Crippen LogP contribution >= 0.6 is 11.6 Å². The van der Waals surface area contributed by atoms with Gasteiger partial charge in [-0.3, -0.25) is 4.90 Å². The minimum Gasteiger partial charge on any atom is -0.332 e. The van der Waals surface area contributed by atoms with Gasteiger partial charge >= 0.3 is 6.03 Å². The van der Waals surface area contributed by atoms with E-state index < -0.39 is 0 Å². The van der Waals surface area contributed by atoms with E-state index in [1.54, 1.807) is 11.0 Å². The highest BCUT2D eigenvalue weighted by Gasteiger charge is 2.29. The van der Waals surface area contributed by atoms with E-state index in [0.717, 1.165) is 11.3 Å². The van der Waals surface area contributed by atoms with Gasteiger partial charge in [0.05, 0.1) is 6.04 Å². The van der Waals surface area contributed by atoms with E-state index >= 15 is 0 Å². The van der Waals surface area contributed by atoms with Crippen molar-refractivity contribution in [3.8, 4) is 0 Å². The molecule has 0 bridgehead atoms. The molecule has 1 unspecified atom stereocenters. The summed E-state index contributed by atoms with van der Waals surface area (Å²) in [5, 5.41) is 3.45. The Hall–Kier alpha value is -1.26. The highest BCUT2D eigenvalue weighted by molar-refractivity contribution is 6.31. The number of amides is 2. The molecule has 1 fully saturated rings. The molecule has 86 valence electrons. The van der Waals surface area contributed by atoms with Crippen molar-refractivity contribution in [1.29, 1.82) is 0 Å². The number of carbonyl (C=O) groups is 1. The second-order valence-corrected chi connectivity index (χ2v) is 4.36. The molecule has 1 aliphatic heterocycles. The number of nitrogens with one attached hydrogen (secondary N) is 1. The summed E-state index contributed by atoms with van der Waals surface area (Å²) in [5.41, 5.74) is 7.41. The number of urea groups is 1. The van der Waals surface area contributed by atoms with Crippen LogP contribution in [0, 0.1) is 6.92 Å². The lowest BCUT2D eigenvalue weighted by Crippen LogP contribution is -2.33. The van der Waals surface area contributed by atoms with Gasteiger partial charge in [0.25, 0.3) is 0 Å². The number of aryl methyl sites for hydroxylation is 1. The summed E-state index contributed by atoms with van der Waals surface area (Å²) in [5.74, 6) is 0. The highest BCUT2D eigenvalue weighted by Crippen LogP contribution is 2.26. The average Bonchev–Trinajstić information content (AvgIpc) is 2.63. The number of nitrogens with zero attached hydrogens (tertiary/aromatic N) is 1. The van der Waals surface area contributed by atoms with Crippen molar-refractivity contribution in [3.05, 3.63) is 28.8 Å². The summed E-state index contributed by atoms with van der Waals surface area (Å²) >= 11 is 5.93. The zero-order valence-corrected chi connectivity index (χ0v) is 9.79. The number of hydrogen-bond acceptors (Lipinski definition) is 2. The topological polar surface area (TPSA) is 58.4 Å². The Labute approximate surface area is 99.4 Å². The molecule has 1 aromatic carbocycles. The van der Waals surface area contributed by atoms with Gasteiger partial charge in [0.2, 0.25) is 0 Å². The molecule has 1 aliphatic rings. The van der Waals surface area contributed by atoms with E-state index in [4.69, 9.17) is 17.3 Å². The van der Waals surface area contributed by atoms with Crippen molar-refractivity contribution < 1.29 is 4.79 Å². The third kappa shape index (κ3) is 1.99. The van der Waals surface area contributed by atoms with Crippen LogP contribution in [0.2, 0.25) is 5.02 Å². The average molecular weight is 240 g/mol. The second-order valence-electron chi connectivity index (χ2n) is 3.92. The SMILES string of the molecule is Cc1ccc(Cl)cc1N1CC(CN)NC1=O. The van der Waals surface area contributed by atoms with Gasteiger partial charge in [0.15, 0.2) is 0 Å². The van der Waals surface area contributed by atoms with Crippen LogP contribution in [0.4, 0.5) is 10.5 Å². The lowest BCUT2D eigenvalue weighted by Gasteiger charge is -2.17. The molecule has 0 radical (unpaired) electrons. The minimum absolute atomic E-state index is 0.0193. The van der Waals surface area contributed by atoms with Crippen molar-refractivity contribution in [2.75, 3.05) is 18.0 Å². The number of hydrogen-bond donors (Lipinski definition) is 2. The van der Waals surface area contributed by atoms with Crippen molar-refractivity contribution in [1.82, 2.24) is 5.32 Å². The second kappa shape index (κ2) is 4.31. The molecule has 1 saturated heterocycles. The van der Waals surface area contributed by atoms with E-state index in [1.807, 2.05) is 19.1 Å². The van der Waals surface area contributed by atoms with Crippen LogP contribution in [0.1, 0.15) is 5.56 Å². The van der Waals surface area contributed by atoms with Crippen LogP contribution in [-0.2, 0) is 0 Å². The fourth-order valence-electron chi connectivity index (χ4n) is 1.82. The molecule has 0 saturated carbocycles. The van der Waals surface area contributed by atoms with E-state index in [2.05, 4.69) is 5.32 Å². The summed E-state index contributed by atoms with van der Waals surface area (Å²) in [4.78, 5) is 13.4. The predicted molar refractivity (Wildman–Crippen MR) is 64.9 cm³/mol. The van der Waals surface area contributed by atoms with Gasteiger partial charge in [0, 0.05) is 23.8 Å². The summed E-state index contributed by atoms with van der Waals surface area (Å²) in [6.07, 6.45) is 0. The summed E-state index contributed by atoms with van der Waals surface area (Å²) < 4.78 is 0. The first-order valence-corrected chi connectivity index (χ1v) is 5.54. The Morgan fingerprint density at radius 2 is 2.38 bits per heavy atom. The zero-order valence-electron chi connectivity index (χ0n) is 9.03. The van der Waals surface area contributed by atoms with Gasteiger partial charge in [-0.05, 0) is 24.6 Å². The van der Waals surface area contributed by atoms with Crippen molar-refractivity contribution in [2.45, 2.75) is 13.0 Å². The van der Waals surface area contributed by atoms with Crippen LogP contribution in [0.25, 0.3) is 0 Å². The van der Waals surface area contributed by atoms with Gasteiger partial charge in [-0.2, -0.15) is 0 Å². The monoisotopic (exact) mass is 239 g/mol. The van der Waals surface area contributed by atoms with Gasteiger partial charge in [-0.1, -0.05) is 17.7 Å². The Bertz CT molecular complexity index is 422. The molecule has 1 atom stereocenters. The smallest absolute Gasteiger partial charge is 0.322 e. The molecule has 1 aromatic rings. The first kappa shape index (κ1) is 11.2. The maximum atomic E-state index is 11.7. The predicted octanol–water partition coefficient (Wildman–Crippen LogP) is 1.51. The first-order valence-electron chi connectivity index (χ1n) is 5.16. The van der Waals surface area contributed by atoms with E-state index in [-0.39, 0.29) is 12.1 Å². The fraction of sp³-hybridized carbons (Fsp3) is 0.364.